The number of hydrogen-bond acceptors (Lipinski definition) is 3. The molecule has 3 nitrogen and oxygen atoms in total. The van der Waals surface area contributed by atoms with Crippen molar-refractivity contribution in [2.75, 3.05) is 0 Å². The van der Waals surface area contributed by atoms with Crippen molar-refractivity contribution in [2.24, 2.45) is 0 Å². The zero-order valence-corrected chi connectivity index (χ0v) is 12.2. The highest BCUT2D eigenvalue weighted by molar-refractivity contribution is 7.99. The van der Waals surface area contributed by atoms with Crippen molar-refractivity contribution < 1.29 is 0 Å². The maximum absolute atomic E-state index is 11.7. The zero-order valence-electron chi connectivity index (χ0n) is 11.4. The van der Waals surface area contributed by atoms with Crippen LogP contribution in [0.2, 0.25) is 0 Å². The lowest BCUT2D eigenvalue weighted by atomic mass is 9.98. The fourth-order valence-corrected chi connectivity index (χ4v) is 2.63. The van der Waals surface area contributed by atoms with Crippen LogP contribution in [0.5, 0.6) is 0 Å². The van der Waals surface area contributed by atoms with Crippen molar-refractivity contribution >= 4 is 11.8 Å². The van der Waals surface area contributed by atoms with Gasteiger partial charge in [0.05, 0.1) is 5.69 Å². The summed E-state index contributed by atoms with van der Waals surface area (Å²) in [5.74, 6) is 0.120. The quantitative estimate of drug-likeness (QED) is 0.686. The van der Waals surface area contributed by atoms with Crippen molar-refractivity contribution in [3.05, 3.63) is 58.0 Å². The Morgan fingerprint density at radius 2 is 1.84 bits per heavy atom. The number of thioether (sulfide) groups is 1. The number of nitrogens with one attached hydrogen (secondary N) is 1. The van der Waals surface area contributed by atoms with Gasteiger partial charge in [-0.15, -0.1) is 0 Å². The van der Waals surface area contributed by atoms with Crippen LogP contribution in [0.4, 0.5) is 0 Å². The van der Waals surface area contributed by atoms with E-state index in [1.807, 2.05) is 18.2 Å². The lowest BCUT2D eigenvalue weighted by Crippen LogP contribution is -2.13. The standard InChI is InChI=1S/C15H18N2OS/c1-10(2)19-15-16-13(9-14(18)17-15)11(3)12-7-5-4-6-8-12/h4-11H,1-3H3,(H,16,17,18)/t11-/m0/s1. The van der Waals surface area contributed by atoms with Crippen LogP contribution in [-0.2, 0) is 0 Å². The summed E-state index contributed by atoms with van der Waals surface area (Å²) in [5, 5.41) is 1.09. The van der Waals surface area contributed by atoms with Gasteiger partial charge in [0.1, 0.15) is 0 Å². The van der Waals surface area contributed by atoms with Crippen LogP contribution < -0.4 is 5.56 Å². The van der Waals surface area contributed by atoms with Gasteiger partial charge >= 0.3 is 0 Å². The molecule has 100 valence electrons. The Morgan fingerprint density at radius 1 is 1.16 bits per heavy atom. The first kappa shape index (κ1) is 13.9. The maximum atomic E-state index is 11.7. The average molecular weight is 274 g/mol. The lowest BCUT2D eigenvalue weighted by molar-refractivity contribution is 0.799. The Balaban J connectivity index is 2.34. The van der Waals surface area contributed by atoms with E-state index in [2.05, 4.69) is 42.9 Å². The molecule has 0 saturated carbocycles. The summed E-state index contributed by atoms with van der Waals surface area (Å²) in [6, 6.07) is 11.7. The van der Waals surface area contributed by atoms with Crippen LogP contribution in [0, 0.1) is 0 Å². The normalized spacial score (nSPS) is 12.6. The van der Waals surface area contributed by atoms with Crippen LogP contribution in [0.3, 0.4) is 0 Å². The van der Waals surface area contributed by atoms with Gasteiger partial charge in [-0.1, -0.05) is 62.9 Å². The highest BCUT2D eigenvalue weighted by atomic mass is 32.2. The second-order valence-corrected chi connectivity index (χ2v) is 6.34. The molecule has 0 aliphatic carbocycles. The topological polar surface area (TPSA) is 45.8 Å². The SMILES string of the molecule is CC(C)Sc1nc([C@@H](C)c2ccccc2)cc(=O)[nH]1. The van der Waals surface area contributed by atoms with Gasteiger partial charge in [-0.3, -0.25) is 4.79 Å². The first-order chi connectivity index (χ1) is 9.06. The minimum atomic E-state index is -0.0871. The van der Waals surface area contributed by atoms with Crippen molar-refractivity contribution in [2.45, 2.75) is 37.1 Å². The summed E-state index contributed by atoms with van der Waals surface area (Å²) >= 11 is 1.57. The van der Waals surface area contributed by atoms with Gasteiger partial charge in [0, 0.05) is 17.2 Å². The Bertz CT molecular complexity index is 593. The number of aromatic amines is 1. The third-order valence-electron chi connectivity index (χ3n) is 2.83. The molecule has 1 N–H and O–H groups in total. The average Bonchev–Trinajstić information content (AvgIpc) is 2.37. The molecule has 4 heteroatoms. The van der Waals surface area contributed by atoms with Gasteiger partial charge in [-0.05, 0) is 5.56 Å². The minimum Gasteiger partial charge on any atom is -0.301 e. The zero-order chi connectivity index (χ0) is 13.8. The summed E-state index contributed by atoms with van der Waals surface area (Å²) in [4.78, 5) is 19.1. The molecule has 1 atom stereocenters. The van der Waals surface area contributed by atoms with Crippen molar-refractivity contribution in [1.29, 1.82) is 0 Å². The number of hydrogen-bond donors (Lipinski definition) is 1. The molecule has 0 spiro atoms. The molecule has 0 unspecified atom stereocenters. The molecule has 0 bridgehead atoms. The summed E-state index contributed by atoms with van der Waals surface area (Å²) in [7, 11) is 0. The smallest absolute Gasteiger partial charge is 0.251 e. The number of benzene rings is 1. The molecule has 0 saturated heterocycles. The van der Waals surface area contributed by atoms with Gasteiger partial charge in [0.25, 0.3) is 5.56 Å². The number of rotatable bonds is 4. The first-order valence-electron chi connectivity index (χ1n) is 6.39. The van der Waals surface area contributed by atoms with Crippen LogP contribution in [-0.4, -0.2) is 15.2 Å². The molecule has 0 aliphatic rings. The Hall–Kier alpha value is -1.55. The van der Waals surface area contributed by atoms with E-state index in [-0.39, 0.29) is 11.5 Å². The predicted octanol–water partition coefficient (Wildman–Crippen LogP) is 3.42. The Morgan fingerprint density at radius 3 is 2.47 bits per heavy atom. The van der Waals surface area contributed by atoms with Gasteiger partial charge in [-0.25, -0.2) is 4.98 Å². The van der Waals surface area contributed by atoms with Crippen LogP contribution in [0.15, 0.2) is 46.3 Å². The molecule has 19 heavy (non-hydrogen) atoms. The van der Waals surface area contributed by atoms with E-state index in [1.165, 1.54) is 5.56 Å². The van der Waals surface area contributed by atoms with Crippen LogP contribution in [0.1, 0.15) is 37.9 Å². The van der Waals surface area contributed by atoms with E-state index in [0.29, 0.717) is 10.4 Å². The maximum Gasteiger partial charge on any atom is 0.251 e. The van der Waals surface area contributed by atoms with Gasteiger partial charge in [-0.2, -0.15) is 0 Å². The Labute approximate surface area is 117 Å². The summed E-state index contributed by atoms with van der Waals surface area (Å²) < 4.78 is 0. The summed E-state index contributed by atoms with van der Waals surface area (Å²) in [6.07, 6.45) is 0. The molecular formula is C15H18N2OS. The molecule has 2 rings (SSSR count). The molecule has 0 fully saturated rings. The molecule has 1 heterocycles. The molecule has 0 aliphatic heterocycles. The fraction of sp³-hybridized carbons (Fsp3) is 0.333. The second-order valence-electron chi connectivity index (χ2n) is 4.77. The lowest BCUT2D eigenvalue weighted by Gasteiger charge is -2.12. The molecule has 0 amide bonds. The van der Waals surface area contributed by atoms with Gasteiger partial charge < -0.3 is 4.98 Å². The molecule has 1 aromatic carbocycles. The van der Waals surface area contributed by atoms with Crippen LogP contribution >= 0.6 is 11.8 Å². The predicted molar refractivity (Wildman–Crippen MR) is 79.8 cm³/mol. The monoisotopic (exact) mass is 274 g/mol. The highest BCUT2D eigenvalue weighted by Crippen LogP contribution is 2.24. The third kappa shape index (κ3) is 3.70. The van der Waals surface area contributed by atoms with E-state index in [4.69, 9.17) is 0 Å². The third-order valence-corrected chi connectivity index (χ3v) is 3.72. The molecule has 2 aromatic rings. The summed E-state index contributed by atoms with van der Waals surface area (Å²) in [5.41, 5.74) is 1.90. The highest BCUT2D eigenvalue weighted by Gasteiger charge is 2.12. The van der Waals surface area contributed by atoms with Crippen molar-refractivity contribution in [3.63, 3.8) is 0 Å². The van der Waals surface area contributed by atoms with Crippen LogP contribution in [0.25, 0.3) is 0 Å². The van der Waals surface area contributed by atoms with E-state index in [1.54, 1.807) is 17.8 Å². The van der Waals surface area contributed by atoms with Crippen molar-refractivity contribution in [1.82, 2.24) is 9.97 Å². The fourth-order valence-electron chi connectivity index (χ4n) is 1.87. The largest absolute Gasteiger partial charge is 0.301 e. The molecular weight excluding hydrogens is 256 g/mol. The second kappa shape index (κ2) is 6.06. The summed E-state index contributed by atoms with van der Waals surface area (Å²) in [6.45, 7) is 6.23. The Kier molecular flexibility index (Phi) is 4.43. The van der Waals surface area contributed by atoms with E-state index in [0.717, 1.165) is 5.69 Å². The van der Waals surface area contributed by atoms with E-state index >= 15 is 0 Å². The van der Waals surface area contributed by atoms with Gasteiger partial charge in [0.2, 0.25) is 0 Å². The molecule has 0 radical (unpaired) electrons. The van der Waals surface area contributed by atoms with E-state index in [9.17, 15) is 4.79 Å². The number of H-pyrrole nitrogens is 1. The number of aromatic nitrogens is 2. The van der Waals surface area contributed by atoms with Crippen molar-refractivity contribution in [3.8, 4) is 0 Å². The molecule has 1 aromatic heterocycles. The van der Waals surface area contributed by atoms with E-state index < -0.39 is 0 Å². The number of nitrogens with zero attached hydrogens (tertiary/aromatic N) is 1. The van der Waals surface area contributed by atoms with Gasteiger partial charge in [0.15, 0.2) is 5.16 Å². The minimum absolute atomic E-state index is 0.0871. The first-order valence-corrected chi connectivity index (χ1v) is 7.27.